The van der Waals surface area contributed by atoms with Gasteiger partial charge in [-0.15, -0.1) is 0 Å². The fourth-order valence-electron chi connectivity index (χ4n) is 1.15. The first kappa shape index (κ1) is 9.25. The molecule has 4 nitrogen and oxygen atoms in total. The van der Waals surface area contributed by atoms with Crippen LogP contribution in [0.5, 0.6) is 0 Å². The lowest BCUT2D eigenvalue weighted by atomic mass is 10.3. The Morgan fingerprint density at radius 2 is 2.27 bits per heavy atom. The zero-order chi connectivity index (χ0) is 8.48. The minimum atomic E-state index is -3.51. The topological polar surface area (TPSA) is 49.4 Å². The van der Waals surface area contributed by atoms with Crippen molar-refractivity contribution in [1.82, 2.24) is 9.62 Å². The summed E-state index contributed by atoms with van der Waals surface area (Å²) in [5.41, 5.74) is 0. The molecule has 1 heterocycles. The lowest BCUT2D eigenvalue weighted by molar-refractivity contribution is 0.289. The summed E-state index contributed by atoms with van der Waals surface area (Å²) in [6.45, 7) is 3.64. The molecule has 1 N–H and O–H groups in total. The Morgan fingerprint density at radius 3 is 2.64 bits per heavy atom. The van der Waals surface area contributed by atoms with E-state index in [2.05, 4.69) is 5.32 Å². The molecule has 11 heavy (non-hydrogen) atoms. The second-order valence-electron chi connectivity index (χ2n) is 2.61. The van der Waals surface area contributed by atoms with Gasteiger partial charge in [-0.2, -0.15) is 12.7 Å². The Balaban J connectivity index is 2.70. The van der Waals surface area contributed by atoms with E-state index < -0.39 is 9.24 Å². The van der Waals surface area contributed by atoms with Crippen molar-refractivity contribution >= 4 is 19.9 Å². The van der Waals surface area contributed by atoms with Crippen molar-refractivity contribution in [3.8, 4) is 0 Å². The molecule has 1 aliphatic heterocycles. The molecule has 0 amide bonds. The predicted molar refractivity (Wildman–Crippen MR) is 43.8 cm³/mol. The summed E-state index contributed by atoms with van der Waals surface area (Å²) in [6.07, 6.45) is 0. The summed E-state index contributed by atoms with van der Waals surface area (Å²) in [7, 11) is 1.67. The van der Waals surface area contributed by atoms with Crippen LogP contribution in [0.1, 0.15) is 6.92 Å². The van der Waals surface area contributed by atoms with Crippen molar-refractivity contribution in [2.45, 2.75) is 13.0 Å². The molecule has 0 saturated carbocycles. The van der Waals surface area contributed by atoms with Gasteiger partial charge in [0.05, 0.1) is 0 Å². The quantitative estimate of drug-likeness (QED) is 0.592. The average Bonchev–Trinajstić information content (AvgIpc) is 1.86. The molecule has 66 valence electrons. The Bertz CT molecular complexity index is 229. The molecule has 0 aliphatic carbocycles. The Labute approximate surface area is 71.1 Å². The van der Waals surface area contributed by atoms with Gasteiger partial charge in [-0.3, -0.25) is 0 Å². The van der Waals surface area contributed by atoms with Crippen LogP contribution in [-0.4, -0.2) is 38.4 Å². The molecule has 1 rings (SSSR count). The fourth-order valence-corrected chi connectivity index (χ4v) is 2.58. The summed E-state index contributed by atoms with van der Waals surface area (Å²) in [5, 5.41) is 3.07. The van der Waals surface area contributed by atoms with Gasteiger partial charge < -0.3 is 5.32 Å². The van der Waals surface area contributed by atoms with Crippen LogP contribution in [0.3, 0.4) is 0 Å². The molecule has 1 aliphatic rings. The van der Waals surface area contributed by atoms with Crippen LogP contribution in [-0.2, 0) is 9.24 Å². The fraction of sp³-hybridized carbons (Fsp3) is 1.00. The van der Waals surface area contributed by atoms with E-state index in [4.69, 9.17) is 10.7 Å². The zero-order valence-electron chi connectivity index (χ0n) is 6.25. The molecule has 6 heteroatoms. The third-order valence-electron chi connectivity index (χ3n) is 1.72. The van der Waals surface area contributed by atoms with Crippen LogP contribution in [0.25, 0.3) is 0 Å². The van der Waals surface area contributed by atoms with E-state index in [1.54, 1.807) is 0 Å². The Kier molecular flexibility index (Phi) is 2.74. The summed E-state index contributed by atoms with van der Waals surface area (Å²) in [6, 6.07) is -0.0359. The molecule has 0 radical (unpaired) electrons. The second kappa shape index (κ2) is 3.26. The van der Waals surface area contributed by atoms with E-state index in [1.165, 1.54) is 4.31 Å². The number of piperazine rings is 1. The summed E-state index contributed by atoms with van der Waals surface area (Å²) in [4.78, 5) is 0. The first-order valence-electron chi connectivity index (χ1n) is 3.44. The van der Waals surface area contributed by atoms with Crippen molar-refractivity contribution in [2.24, 2.45) is 0 Å². The third kappa shape index (κ3) is 2.30. The van der Waals surface area contributed by atoms with Crippen LogP contribution in [0.15, 0.2) is 0 Å². The molecule has 0 bridgehead atoms. The number of rotatable bonds is 1. The second-order valence-corrected chi connectivity index (χ2v) is 5.07. The van der Waals surface area contributed by atoms with Gasteiger partial charge in [-0.25, -0.2) is 0 Å². The molecular formula is C5H11ClN2O2S. The van der Waals surface area contributed by atoms with Gasteiger partial charge in [0.1, 0.15) is 0 Å². The SMILES string of the molecule is CC1CNCCN1S(=O)(=O)Cl. The van der Waals surface area contributed by atoms with Gasteiger partial charge in [0.25, 0.3) is 9.24 Å². The van der Waals surface area contributed by atoms with Gasteiger partial charge in [0.2, 0.25) is 0 Å². The molecule has 0 aromatic carbocycles. The smallest absolute Gasteiger partial charge is 0.300 e. The summed E-state index contributed by atoms with van der Waals surface area (Å²) in [5.74, 6) is 0. The maximum Gasteiger partial charge on any atom is 0.300 e. The number of hydrogen-bond donors (Lipinski definition) is 1. The highest BCUT2D eigenvalue weighted by atomic mass is 35.7. The normalized spacial score (nSPS) is 28.7. The monoisotopic (exact) mass is 198 g/mol. The number of nitrogens with zero attached hydrogens (tertiary/aromatic N) is 1. The van der Waals surface area contributed by atoms with Crippen molar-refractivity contribution < 1.29 is 8.42 Å². The largest absolute Gasteiger partial charge is 0.314 e. The van der Waals surface area contributed by atoms with E-state index in [9.17, 15) is 8.42 Å². The van der Waals surface area contributed by atoms with Crippen LogP contribution in [0.2, 0.25) is 0 Å². The van der Waals surface area contributed by atoms with Gasteiger partial charge in [0.15, 0.2) is 0 Å². The van der Waals surface area contributed by atoms with Crippen molar-refractivity contribution in [3.05, 3.63) is 0 Å². The first-order valence-corrected chi connectivity index (χ1v) is 5.70. The predicted octanol–water partition coefficient (Wildman–Crippen LogP) is -0.236. The molecule has 0 aromatic rings. The van der Waals surface area contributed by atoms with Gasteiger partial charge in [-0.1, -0.05) is 0 Å². The molecule has 1 atom stereocenters. The number of nitrogens with one attached hydrogen (secondary N) is 1. The first-order chi connectivity index (χ1) is 5.02. The van der Waals surface area contributed by atoms with Gasteiger partial charge in [-0.05, 0) is 6.92 Å². The van der Waals surface area contributed by atoms with E-state index in [1.807, 2.05) is 6.92 Å². The van der Waals surface area contributed by atoms with Crippen molar-refractivity contribution in [3.63, 3.8) is 0 Å². The van der Waals surface area contributed by atoms with Crippen LogP contribution < -0.4 is 5.32 Å². The summed E-state index contributed by atoms with van der Waals surface area (Å²) >= 11 is 0. The molecule has 0 aromatic heterocycles. The average molecular weight is 199 g/mol. The zero-order valence-corrected chi connectivity index (χ0v) is 7.82. The van der Waals surface area contributed by atoms with E-state index in [0.29, 0.717) is 19.6 Å². The van der Waals surface area contributed by atoms with Crippen molar-refractivity contribution in [1.29, 1.82) is 0 Å². The van der Waals surface area contributed by atoms with E-state index in [-0.39, 0.29) is 6.04 Å². The third-order valence-corrected chi connectivity index (χ3v) is 3.35. The minimum Gasteiger partial charge on any atom is -0.314 e. The van der Waals surface area contributed by atoms with Gasteiger partial charge >= 0.3 is 0 Å². The van der Waals surface area contributed by atoms with Crippen LogP contribution in [0, 0.1) is 0 Å². The highest BCUT2D eigenvalue weighted by molar-refractivity contribution is 8.11. The highest BCUT2D eigenvalue weighted by Gasteiger charge is 2.27. The maximum absolute atomic E-state index is 10.9. The number of hydrogen-bond acceptors (Lipinski definition) is 3. The number of halogens is 1. The molecule has 1 saturated heterocycles. The standard InChI is InChI=1S/C5H11ClN2O2S/c1-5-4-7-2-3-8(5)11(6,9)10/h5,7H,2-4H2,1H3. The lowest BCUT2D eigenvalue weighted by Gasteiger charge is -2.30. The maximum atomic E-state index is 10.9. The highest BCUT2D eigenvalue weighted by Crippen LogP contribution is 2.12. The summed E-state index contributed by atoms with van der Waals surface area (Å²) < 4.78 is 23.0. The van der Waals surface area contributed by atoms with Crippen LogP contribution in [0.4, 0.5) is 0 Å². The lowest BCUT2D eigenvalue weighted by Crippen LogP contribution is -2.50. The van der Waals surface area contributed by atoms with Gasteiger partial charge in [0, 0.05) is 36.4 Å². The minimum absolute atomic E-state index is 0.0359. The molecule has 1 unspecified atom stereocenters. The van der Waals surface area contributed by atoms with Crippen molar-refractivity contribution in [2.75, 3.05) is 19.6 Å². The van der Waals surface area contributed by atoms with Crippen LogP contribution >= 0.6 is 10.7 Å². The van der Waals surface area contributed by atoms with E-state index >= 15 is 0 Å². The molecule has 0 spiro atoms. The Hall–Kier alpha value is 0.160. The molecule has 1 fully saturated rings. The Morgan fingerprint density at radius 1 is 1.64 bits per heavy atom. The van der Waals surface area contributed by atoms with E-state index in [0.717, 1.165) is 0 Å². The molecular weight excluding hydrogens is 188 g/mol.